The summed E-state index contributed by atoms with van der Waals surface area (Å²) < 4.78 is 3.19. The van der Waals surface area contributed by atoms with Gasteiger partial charge >= 0.3 is 0 Å². The Kier molecular flexibility index (Phi) is 5.44. The van der Waals surface area contributed by atoms with Gasteiger partial charge in [0.2, 0.25) is 5.91 Å². The lowest BCUT2D eigenvalue weighted by molar-refractivity contribution is -0.134. The maximum absolute atomic E-state index is 12.9. The molecule has 3 aromatic heterocycles. The predicted octanol–water partition coefficient (Wildman–Crippen LogP) is 0.635. The number of hydrogen-bond donors (Lipinski definition) is 3. The zero-order valence-corrected chi connectivity index (χ0v) is 19.5. The van der Waals surface area contributed by atoms with Crippen LogP contribution in [0.1, 0.15) is 37.0 Å². The van der Waals surface area contributed by atoms with Crippen LogP contribution in [0.2, 0.25) is 0 Å². The number of nitrogens with one attached hydrogen (secondary N) is 1. The first-order valence-corrected chi connectivity index (χ1v) is 11.6. The molecule has 0 aromatic carbocycles. The van der Waals surface area contributed by atoms with Crippen LogP contribution in [0, 0.1) is 22.7 Å². The third kappa shape index (κ3) is 4.08. The number of amides is 2. The molecule has 182 valence electrons. The number of aliphatic hydroxyl groups is 1. The molecule has 0 bridgehead atoms. The maximum Gasteiger partial charge on any atom is 0.252 e. The van der Waals surface area contributed by atoms with Gasteiger partial charge in [-0.1, -0.05) is 6.92 Å². The minimum atomic E-state index is -0.868. The van der Waals surface area contributed by atoms with Crippen LogP contribution in [-0.2, 0) is 11.3 Å². The van der Waals surface area contributed by atoms with Crippen molar-refractivity contribution in [3.05, 3.63) is 30.4 Å². The fourth-order valence-corrected chi connectivity index (χ4v) is 4.58. The average Bonchev–Trinajstić information content (AvgIpc) is 3.10. The third-order valence-corrected chi connectivity index (χ3v) is 6.74. The second kappa shape index (κ2) is 8.35. The molecule has 1 aliphatic carbocycles. The molecule has 12 heteroatoms. The van der Waals surface area contributed by atoms with Gasteiger partial charge in [0, 0.05) is 30.9 Å². The largest absolute Gasteiger partial charge is 0.391 e. The van der Waals surface area contributed by atoms with E-state index in [1.165, 1.54) is 6.20 Å². The van der Waals surface area contributed by atoms with Crippen molar-refractivity contribution in [1.29, 1.82) is 5.26 Å². The maximum atomic E-state index is 12.9. The highest BCUT2D eigenvalue weighted by Crippen LogP contribution is 2.47. The lowest BCUT2D eigenvalue weighted by Gasteiger charge is -2.21. The van der Waals surface area contributed by atoms with Crippen LogP contribution >= 0.6 is 0 Å². The number of nitrogens with zero attached hydrogens (tertiary/aromatic N) is 7. The number of nitriles is 1. The quantitative estimate of drug-likeness (QED) is 0.445. The van der Waals surface area contributed by atoms with Gasteiger partial charge < -0.3 is 21.1 Å². The summed E-state index contributed by atoms with van der Waals surface area (Å²) in [6, 6.07) is 2.01. The Bertz CT molecular complexity index is 1350. The molecule has 3 aromatic rings. The van der Waals surface area contributed by atoms with Gasteiger partial charge in [0.15, 0.2) is 5.65 Å². The first kappa shape index (κ1) is 22.8. The van der Waals surface area contributed by atoms with Gasteiger partial charge in [-0.15, -0.1) is 0 Å². The number of anilines is 1. The summed E-state index contributed by atoms with van der Waals surface area (Å²) in [5.74, 6) is -0.684. The Labute approximate surface area is 201 Å². The summed E-state index contributed by atoms with van der Waals surface area (Å²) in [6.45, 7) is 4.99. The molecular weight excluding hydrogens is 450 g/mol. The summed E-state index contributed by atoms with van der Waals surface area (Å²) in [5.41, 5.74) is 7.18. The monoisotopic (exact) mass is 477 g/mol. The zero-order valence-electron chi connectivity index (χ0n) is 19.5. The van der Waals surface area contributed by atoms with E-state index in [4.69, 9.17) is 10.7 Å². The van der Waals surface area contributed by atoms with Crippen molar-refractivity contribution in [1.82, 2.24) is 29.3 Å². The van der Waals surface area contributed by atoms with Crippen LogP contribution in [0.4, 0.5) is 5.69 Å². The summed E-state index contributed by atoms with van der Waals surface area (Å²) in [7, 11) is 0. The van der Waals surface area contributed by atoms with Crippen molar-refractivity contribution in [3.63, 3.8) is 0 Å². The number of aliphatic hydroxyl groups excluding tert-OH is 1. The van der Waals surface area contributed by atoms with E-state index in [2.05, 4.69) is 21.6 Å². The van der Waals surface area contributed by atoms with E-state index >= 15 is 0 Å². The molecule has 2 aliphatic rings. The zero-order chi connectivity index (χ0) is 24.9. The standard InChI is InChI=1S/C23H27N9O3/c1-13-7-30(22(35)23(12-24)3-4-23)10-17(13)28-19-16(20(25)34)6-27-32-11-18(29-21(19)32)15-5-26-31(9-15)8-14(2)33/h5-6,9,11,13-14,17,28,33H,3-4,7-8,10H2,1-2H3,(H2,25,34)/t13-,14-,17+/m0/s1. The molecule has 4 heterocycles. The number of likely N-dealkylation sites (tertiary alicyclic amines) is 1. The molecule has 5 rings (SSSR count). The van der Waals surface area contributed by atoms with Gasteiger partial charge in [-0.2, -0.15) is 15.5 Å². The van der Waals surface area contributed by atoms with Crippen LogP contribution in [-0.4, -0.2) is 71.4 Å². The molecule has 35 heavy (non-hydrogen) atoms. The molecule has 2 amide bonds. The van der Waals surface area contributed by atoms with Gasteiger partial charge in [-0.25, -0.2) is 9.50 Å². The fourth-order valence-electron chi connectivity index (χ4n) is 4.58. The number of nitrogens with two attached hydrogens (primary N) is 1. The highest BCUT2D eigenvalue weighted by molar-refractivity contribution is 6.01. The Morgan fingerprint density at radius 3 is 2.74 bits per heavy atom. The minimum absolute atomic E-state index is 0.0792. The predicted molar refractivity (Wildman–Crippen MR) is 125 cm³/mol. The van der Waals surface area contributed by atoms with Crippen molar-refractivity contribution in [3.8, 4) is 17.3 Å². The van der Waals surface area contributed by atoms with E-state index in [1.54, 1.807) is 39.6 Å². The Morgan fingerprint density at radius 1 is 1.31 bits per heavy atom. The fraction of sp³-hybridized carbons (Fsp3) is 0.478. The SMILES string of the molecule is C[C@H](O)Cn1cc(-c2cn3ncc(C(N)=O)c(N[C@@H]4CN(C(=O)C5(C#N)CC5)C[C@@H]4C)c3n2)cn1. The third-order valence-electron chi connectivity index (χ3n) is 6.74. The first-order chi connectivity index (χ1) is 16.7. The topological polar surface area (TPSA) is 167 Å². The van der Waals surface area contributed by atoms with Crippen LogP contribution in [0.25, 0.3) is 16.9 Å². The van der Waals surface area contributed by atoms with Crippen molar-refractivity contribution >= 4 is 23.1 Å². The van der Waals surface area contributed by atoms with E-state index in [9.17, 15) is 20.0 Å². The number of imidazole rings is 1. The highest BCUT2D eigenvalue weighted by Gasteiger charge is 2.54. The molecule has 1 saturated heterocycles. The summed E-state index contributed by atoms with van der Waals surface area (Å²) in [4.78, 5) is 31.5. The lowest BCUT2D eigenvalue weighted by Crippen LogP contribution is -2.36. The van der Waals surface area contributed by atoms with Crippen molar-refractivity contribution in [2.45, 2.75) is 45.4 Å². The number of carbonyl (C=O) groups excluding carboxylic acids is 2. The Balaban J connectivity index is 1.45. The summed E-state index contributed by atoms with van der Waals surface area (Å²) in [5, 5.41) is 31.0. The summed E-state index contributed by atoms with van der Waals surface area (Å²) in [6.07, 6.45) is 7.23. The summed E-state index contributed by atoms with van der Waals surface area (Å²) >= 11 is 0. The van der Waals surface area contributed by atoms with Crippen LogP contribution in [0.3, 0.4) is 0 Å². The molecule has 0 spiro atoms. The number of aromatic nitrogens is 5. The number of rotatable bonds is 7. The lowest BCUT2D eigenvalue weighted by atomic mass is 10.1. The van der Waals surface area contributed by atoms with E-state index in [0.717, 1.165) is 5.56 Å². The number of primary amides is 1. The molecule has 4 N–H and O–H groups in total. The smallest absolute Gasteiger partial charge is 0.252 e. The number of fused-ring (bicyclic) bond motifs is 1. The second-order valence-corrected chi connectivity index (χ2v) is 9.62. The van der Waals surface area contributed by atoms with Crippen LogP contribution in [0.5, 0.6) is 0 Å². The average molecular weight is 478 g/mol. The van der Waals surface area contributed by atoms with E-state index in [1.807, 2.05) is 6.92 Å². The first-order valence-electron chi connectivity index (χ1n) is 11.6. The van der Waals surface area contributed by atoms with Crippen LogP contribution < -0.4 is 11.1 Å². The Morgan fingerprint density at radius 2 is 2.09 bits per heavy atom. The highest BCUT2D eigenvalue weighted by atomic mass is 16.3. The molecule has 12 nitrogen and oxygen atoms in total. The van der Waals surface area contributed by atoms with Gasteiger partial charge in [0.1, 0.15) is 5.41 Å². The van der Waals surface area contributed by atoms with Crippen molar-refractivity contribution in [2.75, 3.05) is 18.4 Å². The molecule has 1 aliphatic heterocycles. The molecule has 2 fully saturated rings. The van der Waals surface area contributed by atoms with Crippen molar-refractivity contribution < 1.29 is 14.7 Å². The van der Waals surface area contributed by atoms with Crippen molar-refractivity contribution in [2.24, 2.45) is 17.1 Å². The van der Waals surface area contributed by atoms with Gasteiger partial charge in [-0.3, -0.25) is 14.3 Å². The number of carbonyl (C=O) groups is 2. The van der Waals surface area contributed by atoms with E-state index in [0.29, 0.717) is 49.5 Å². The van der Waals surface area contributed by atoms with Gasteiger partial charge in [0.25, 0.3) is 5.91 Å². The van der Waals surface area contributed by atoms with Crippen LogP contribution in [0.15, 0.2) is 24.8 Å². The molecule has 3 atom stereocenters. The minimum Gasteiger partial charge on any atom is -0.391 e. The molecule has 1 saturated carbocycles. The molecule has 0 unspecified atom stereocenters. The normalized spacial score (nSPS) is 21.6. The Hall–Kier alpha value is -3.98. The van der Waals surface area contributed by atoms with Gasteiger partial charge in [-0.05, 0) is 25.7 Å². The second-order valence-electron chi connectivity index (χ2n) is 9.62. The van der Waals surface area contributed by atoms with E-state index in [-0.39, 0.29) is 23.4 Å². The molecular formula is C23H27N9O3. The van der Waals surface area contributed by atoms with Gasteiger partial charge in [0.05, 0.1) is 54.3 Å². The molecule has 0 radical (unpaired) electrons. The number of hydrogen-bond acceptors (Lipinski definition) is 8. The van der Waals surface area contributed by atoms with E-state index < -0.39 is 17.4 Å².